The molecule has 0 aliphatic rings. The highest BCUT2D eigenvalue weighted by atomic mass is 15.0. The Kier molecular flexibility index (Phi) is 96.5. The van der Waals surface area contributed by atoms with Gasteiger partial charge in [-0.1, -0.05) is 274 Å². The molecule has 0 aromatic heterocycles. The average Bonchev–Trinajstić information content (AvgIpc) is 0.802. The fraction of sp³-hybridized carbons (Fsp3) is 0.684. The maximum Gasteiger partial charge on any atom is 0.0688 e. The number of nitrogens with one attached hydrogen (secondary N) is 10. The van der Waals surface area contributed by atoms with Gasteiger partial charge in [0.1, 0.15) is 0 Å². The Balaban J connectivity index is -0.000000293. The summed E-state index contributed by atoms with van der Waals surface area (Å²) < 4.78 is 0. The molecule has 672 valence electrons. The summed E-state index contributed by atoms with van der Waals surface area (Å²) in [5, 5.41) is 33.6. The first-order chi connectivity index (χ1) is 55.1. The Labute approximate surface area is 710 Å². The van der Waals surface area contributed by atoms with Gasteiger partial charge >= 0.3 is 0 Å². The molecule has 0 bridgehead atoms. The third-order valence-electron chi connectivity index (χ3n) is 18.5. The summed E-state index contributed by atoms with van der Waals surface area (Å²) in [4.78, 5) is 0. The van der Waals surface area contributed by atoms with Gasteiger partial charge in [0.2, 0.25) is 0 Å². The quantitative estimate of drug-likeness (QED) is 0.0161. The van der Waals surface area contributed by atoms with Gasteiger partial charge in [0.05, 0.1) is 5.54 Å². The third kappa shape index (κ3) is 76.4. The third-order valence-corrected chi connectivity index (χ3v) is 18.5. The number of unbranched alkanes of at least 4 members (excludes halogenated alkanes) is 5. The van der Waals surface area contributed by atoms with Crippen molar-refractivity contribution in [1.82, 2.24) is 53.2 Å². The molecule has 20 nitrogen and oxygen atoms in total. The van der Waals surface area contributed by atoms with Crippen molar-refractivity contribution in [2.45, 2.75) is 249 Å². The number of hydrogen-bond donors (Lipinski definition) is 20. The molecule has 0 fully saturated rings. The summed E-state index contributed by atoms with van der Waals surface area (Å²) in [6.45, 7) is 56.5. The molecule has 0 aliphatic carbocycles. The predicted molar refractivity (Wildman–Crippen MR) is 516 cm³/mol. The van der Waals surface area contributed by atoms with E-state index in [2.05, 4.69) is 309 Å². The van der Waals surface area contributed by atoms with Gasteiger partial charge in [-0.05, 0) is 210 Å². The minimum Gasteiger partial charge on any atom is -0.330 e. The first-order valence-electron chi connectivity index (χ1n) is 44.6. The lowest BCUT2D eigenvalue weighted by molar-refractivity contribution is 0.382. The molecule has 5 aromatic rings. The van der Waals surface area contributed by atoms with Gasteiger partial charge in [0.15, 0.2) is 0 Å². The SMILES string of the molecule is C.CC(C)(C)CNCCN.CC(CNCCN)(c1ccccc1)c1ccccc1.CCC(C)(C)NCCN.CCC(C)NCCCN.CCC(NCCCN)c1ccccc1.CCC(NCCN)(c1ccccc1)c1ccccc1.CCCCCNCCCN.CCCCCNCCN.CCCCNCCN.CCCNCCCN. The average molecular weight is 1610 g/mol. The van der Waals surface area contributed by atoms with Crippen molar-refractivity contribution in [2.24, 2.45) is 62.8 Å². The lowest BCUT2D eigenvalue weighted by Gasteiger charge is -2.35. The highest BCUT2D eigenvalue weighted by Gasteiger charge is 2.31. The normalized spacial score (nSPS) is 11.3. The molecule has 2 atom stereocenters. The smallest absolute Gasteiger partial charge is 0.0688 e. The summed E-state index contributed by atoms with van der Waals surface area (Å²) in [7, 11) is 0. The standard InChI is InChI=1S/2C17H22N2.C12H20N2.C8H20N2.4C7H18N2.2C6H16N2.CH4/c1-17(14-19-13-12-18,15-8-4-2-5-9-15)16-10-6-3-7-11-16;1-2-17(19-14-13-18,15-9-5-3-6-10-15)16-11-7-4-8-12-16;1-2-12(14-10-6-9-13)11-7-4-3-5-8-11;1-2-3-4-7-10-8-5-6-9;1-7(2,3)6-9-5-4-8;1-4-7(2,3)9-6-5-8;1-3-7(2)9-6-4-5-8;1-2-3-4-6-9-7-5-8;1-2-5-8-6-3-4-7;1-2-3-5-8-6-4-7;/h2-11,19H,12-14,18H2,1H3;3-12,19H,2,13-14,18H2,1H3;3-5,7-8,12,14H,2,6,9-10,13H2,1H3;10H,2-9H2,1H3;2*9H,4-6,8H2,1-3H3;7,9H,3-6,8H2,1-2H3;9H,2-8H2,1H3;2*8H,2-7H2,1H3;1H4. The van der Waals surface area contributed by atoms with Crippen LogP contribution in [-0.4, -0.2) is 182 Å². The topological polar surface area (TPSA) is 380 Å². The zero-order valence-corrected chi connectivity index (χ0v) is 76.3. The highest BCUT2D eigenvalue weighted by Crippen LogP contribution is 2.33. The van der Waals surface area contributed by atoms with Crippen molar-refractivity contribution in [1.29, 1.82) is 0 Å². The van der Waals surface area contributed by atoms with Gasteiger partial charge in [0, 0.05) is 115 Å². The number of benzene rings is 5. The number of rotatable bonds is 53. The van der Waals surface area contributed by atoms with E-state index in [1.165, 1.54) is 92.0 Å². The number of hydrogen-bond acceptors (Lipinski definition) is 20. The van der Waals surface area contributed by atoms with E-state index in [-0.39, 0.29) is 23.9 Å². The minimum absolute atomic E-state index is 0. The molecular weight excluding hydrogens is 1420 g/mol. The molecule has 0 heterocycles. The first-order valence-corrected chi connectivity index (χ1v) is 44.6. The van der Waals surface area contributed by atoms with Crippen LogP contribution in [0.2, 0.25) is 0 Å². The van der Waals surface area contributed by atoms with Crippen molar-refractivity contribution in [3.8, 4) is 0 Å². The van der Waals surface area contributed by atoms with E-state index in [4.69, 9.17) is 57.3 Å². The predicted octanol–water partition coefficient (Wildman–Crippen LogP) is 12.7. The monoisotopic (exact) mass is 1610 g/mol. The van der Waals surface area contributed by atoms with Crippen molar-refractivity contribution in [3.05, 3.63) is 179 Å². The molecule has 0 aliphatic heterocycles. The van der Waals surface area contributed by atoms with E-state index in [1.807, 2.05) is 0 Å². The molecular formula is C95H192N20. The highest BCUT2D eigenvalue weighted by molar-refractivity contribution is 5.40. The van der Waals surface area contributed by atoms with E-state index in [0.717, 1.165) is 202 Å². The van der Waals surface area contributed by atoms with E-state index < -0.39 is 0 Å². The van der Waals surface area contributed by atoms with Crippen LogP contribution < -0.4 is 111 Å². The zero-order valence-electron chi connectivity index (χ0n) is 76.3. The second-order valence-corrected chi connectivity index (χ2v) is 30.7. The molecule has 0 saturated heterocycles. The van der Waals surface area contributed by atoms with E-state index in [1.54, 1.807) is 0 Å². The Morgan fingerprint density at radius 2 is 0.617 bits per heavy atom. The van der Waals surface area contributed by atoms with Crippen LogP contribution in [0, 0.1) is 5.41 Å². The fourth-order valence-electron chi connectivity index (χ4n) is 11.0. The Morgan fingerprint density at radius 1 is 0.287 bits per heavy atom. The van der Waals surface area contributed by atoms with Gasteiger partial charge in [0.25, 0.3) is 0 Å². The second-order valence-electron chi connectivity index (χ2n) is 30.7. The Morgan fingerprint density at radius 3 is 0.965 bits per heavy atom. The maximum atomic E-state index is 5.68. The lowest BCUT2D eigenvalue weighted by Crippen LogP contribution is -2.45. The summed E-state index contributed by atoms with van der Waals surface area (Å²) >= 11 is 0. The van der Waals surface area contributed by atoms with Crippen molar-refractivity contribution in [2.75, 3.05) is 170 Å². The van der Waals surface area contributed by atoms with Gasteiger partial charge in [-0.25, -0.2) is 0 Å². The van der Waals surface area contributed by atoms with Crippen LogP contribution >= 0.6 is 0 Å². The Bertz CT molecular complexity index is 2440. The van der Waals surface area contributed by atoms with Crippen LogP contribution in [0.5, 0.6) is 0 Å². The number of nitrogens with two attached hydrogens (primary N) is 10. The van der Waals surface area contributed by atoms with Gasteiger partial charge in [-0.15, -0.1) is 0 Å². The Hall–Kier alpha value is -4.70. The van der Waals surface area contributed by atoms with E-state index >= 15 is 0 Å². The van der Waals surface area contributed by atoms with Crippen LogP contribution in [0.4, 0.5) is 0 Å². The van der Waals surface area contributed by atoms with Gasteiger partial charge < -0.3 is 111 Å². The first kappa shape index (κ1) is 121. The van der Waals surface area contributed by atoms with Crippen LogP contribution in [0.3, 0.4) is 0 Å². The van der Waals surface area contributed by atoms with Gasteiger partial charge in [-0.3, -0.25) is 0 Å². The molecule has 0 radical (unpaired) electrons. The van der Waals surface area contributed by atoms with Crippen LogP contribution in [0.25, 0.3) is 0 Å². The minimum atomic E-state index is -0.151. The van der Waals surface area contributed by atoms with Crippen LogP contribution in [0.1, 0.15) is 254 Å². The molecule has 30 N–H and O–H groups in total. The summed E-state index contributed by atoms with van der Waals surface area (Å²) in [5.74, 6) is 0. The van der Waals surface area contributed by atoms with E-state index in [0.29, 0.717) is 30.6 Å². The lowest BCUT2D eigenvalue weighted by atomic mass is 9.76. The second kappa shape index (κ2) is 91.6. The molecule has 0 spiro atoms. The molecule has 5 rings (SSSR count). The summed E-state index contributed by atoms with van der Waals surface area (Å²) in [6, 6.07) is 54.1. The molecule has 0 amide bonds. The summed E-state index contributed by atoms with van der Waals surface area (Å²) in [6.07, 6.45) is 20.4. The van der Waals surface area contributed by atoms with E-state index in [9.17, 15) is 0 Å². The summed E-state index contributed by atoms with van der Waals surface area (Å²) in [5.41, 5.74) is 60.8. The molecule has 2 unspecified atom stereocenters. The molecule has 0 saturated carbocycles. The molecule has 115 heavy (non-hydrogen) atoms. The molecule has 5 aromatic carbocycles. The maximum absolute atomic E-state index is 5.68. The van der Waals surface area contributed by atoms with Crippen molar-refractivity contribution in [3.63, 3.8) is 0 Å². The molecule has 20 heteroatoms. The van der Waals surface area contributed by atoms with Crippen molar-refractivity contribution >= 4 is 0 Å². The zero-order chi connectivity index (χ0) is 86.2. The largest absolute Gasteiger partial charge is 0.330 e. The van der Waals surface area contributed by atoms with Crippen LogP contribution in [-0.2, 0) is 11.0 Å². The fourth-order valence-corrected chi connectivity index (χ4v) is 11.0. The van der Waals surface area contributed by atoms with Crippen molar-refractivity contribution < 1.29 is 0 Å². The van der Waals surface area contributed by atoms with Crippen LogP contribution in [0.15, 0.2) is 152 Å². The van der Waals surface area contributed by atoms with Gasteiger partial charge in [-0.2, -0.15) is 0 Å².